The number of hydrogen-bond donors (Lipinski definition) is 0. The van der Waals surface area contributed by atoms with Gasteiger partial charge in [-0.05, 0) is 55.5 Å². The minimum atomic E-state index is -0.668. The third-order valence-electron chi connectivity index (χ3n) is 6.55. The van der Waals surface area contributed by atoms with E-state index < -0.39 is 36.1 Å². The van der Waals surface area contributed by atoms with Crippen LogP contribution in [-0.4, -0.2) is 40.1 Å². The highest BCUT2D eigenvalue weighted by atomic mass is 35.5. The van der Waals surface area contributed by atoms with Gasteiger partial charge < -0.3 is 0 Å². The lowest BCUT2D eigenvalue weighted by molar-refractivity contribution is -0.154. The van der Waals surface area contributed by atoms with Gasteiger partial charge in [0.1, 0.15) is 6.54 Å². The summed E-state index contributed by atoms with van der Waals surface area (Å²) in [6.45, 7) is 5.26. The maximum Gasteiger partial charge on any atom is 0.274 e. The molecule has 4 rings (SSSR count). The van der Waals surface area contributed by atoms with Crippen molar-refractivity contribution < 1.29 is 19.2 Å². The van der Waals surface area contributed by atoms with Crippen LogP contribution in [0.5, 0.6) is 0 Å². The van der Waals surface area contributed by atoms with Crippen LogP contribution in [0, 0.1) is 31.6 Å². The van der Waals surface area contributed by atoms with Gasteiger partial charge >= 0.3 is 0 Å². The minimum Gasteiger partial charge on any atom is -0.292 e. The number of halogens is 1. The molecule has 3 atom stereocenters. The Kier molecular flexibility index (Phi) is 6.21. The normalized spacial score (nSPS) is 21.8. The van der Waals surface area contributed by atoms with Crippen LogP contribution in [-0.2, 0) is 9.59 Å². The molecule has 0 aromatic heterocycles. The number of carbonyl (C=O) groups excluding carboxylic acids is 4. The van der Waals surface area contributed by atoms with Crippen molar-refractivity contribution in [2.75, 3.05) is 6.54 Å². The number of carbonyl (C=O) groups is 4. The summed E-state index contributed by atoms with van der Waals surface area (Å²) in [5.41, 5.74) is 2.49. The monoisotopic (exact) mass is 464 g/mol. The largest absolute Gasteiger partial charge is 0.292 e. The average Bonchev–Trinajstić information content (AvgIpc) is 3.04. The molecule has 33 heavy (non-hydrogen) atoms. The topological polar surface area (TPSA) is 74.8 Å². The summed E-state index contributed by atoms with van der Waals surface area (Å²) in [6, 6.07) is 11.6. The molecule has 0 N–H and O–H groups in total. The van der Waals surface area contributed by atoms with Crippen molar-refractivity contribution in [1.29, 1.82) is 0 Å². The molecule has 1 aliphatic carbocycles. The molecule has 3 amide bonds. The van der Waals surface area contributed by atoms with Crippen LogP contribution in [0.3, 0.4) is 0 Å². The number of amides is 3. The molecule has 1 aliphatic heterocycles. The van der Waals surface area contributed by atoms with E-state index in [2.05, 4.69) is 0 Å². The maximum absolute atomic E-state index is 13.5. The number of allylic oxidation sites excluding steroid dienone is 2. The molecule has 0 unspecified atom stereocenters. The zero-order valence-corrected chi connectivity index (χ0v) is 19.5. The lowest BCUT2D eigenvalue weighted by Crippen LogP contribution is -2.52. The molecule has 1 fully saturated rings. The highest BCUT2D eigenvalue weighted by Gasteiger charge is 2.53. The molecular formula is C26H25ClN2O4. The van der Waals surface area contributed by atoms with Gasteiger partial charge in [0.25, 0.3) is 17.7 Å². The van der Waals surface area contributed by atoms with Crippen LogP contribution < -0.4 is 0 Å². The number of aryl methyl sites for hydroxylation is 2. The van der Waals surface area contributed by atoms with Gasteiger partial charge in [0, 0.05) is 5.56 Å². The number of hydrazine groups is 1. The van der Waals surface area contributed by atoms with Gasteiger partial charge in [-0.2, -0.15) is 5.01 Å². The number of nitrogens with zero attached hydrogens (tertiary/aromatic N) is 2. The van der Waals surface area contributed by atoms with Crippen molar-refractivity contribution in [3.05, 3.63) is 81.9 Å². The van der Waals surface area contributed by atoms with Gasteiger partial charge in [0.05, 0.1) is 22.4 Å². The van der Waals surface area contributed by atoms with Gasteiger partial charge in [-0.3, -0.25) is 19.2 Å². The van der Waals surface area contributed by atoms with E-state index in [1.165, 1.54) is 6.07 Å². The fourth-order valence-corrected chi connectivity index (χ4v) is 4.73. The number of Topliss-reactive ketones (excluding diaryl/α,β-unsaturated/α-hetero) is 1. The summed E-state index contributed by atoms with van der Waals surface area (Å²) in [4.78, 5) is 53.4. The molecule has 0 radical (unpaired) electrons. The fourth-order valence-electron chi connectivity index (χ4n) is 4.52. The Morgan fingerprint density at radius 2 is 1.79 bits per heavy atom. The second-order valence-electron chi connectivity index (χ2n) is 8.71. The highest BCUT2D eigenvalue weighted by Crippen LogP contribution is 2.39. The second kappa shape index (κ2) is 8.94. The summed E-state index contributed by atoms with van der Waals surface area (Å²) in [7, 11) is 0. The number of imide groups is 1. The van der Waals surface area contributed by atoms with Crippen molar-refractivity contribution in [3.63, 3.8) is 0 Å². The van der Waals surface area contributed by atoms with Gasteiger partial charge in [-0.25, -0.2) is 5.01 Å². The number of rotatable bonds is 5. The van der Waals surface area contributed by atoms with Crippen LogP contribution in [0.2, 0.25) is 5.02 Å². The number of ketones is 1. The van der Waals surface area contributed by atoms with E-state index in [9.17, 15) is 19.2 Å². The maximum atomic E-state index is 13.5. The predicted octanol–water partition coefficient (Wildman–Crippen LogP) is 4.39. The fraction of sp³-hybridized carbons (Fsp3) is 0.308. The molecule has 2 aromatic rings. The molecule has 7 heteroatoms. The molecule has 6 nitrogen and oxygen atoms in total. The summed E-state index contributed by atoms with van der Waals surface area (Å²) in [5.74, 6) is -3.21. The Labute approximate surface area is 197 Å². The summed E-state index contributed by atoms with van der Waals surface area (Å²) >= 11 is 6.25. The van der Waals surface area contributed by atoms with Crippen molar-refractivity contribution >= 4 is 35.1 Å². The quantitative estimate of drug-likeness (QED) is 0.373. The van der Waals surface area contributed by atoms with Gasteiger partial charge in [0.2, 0.25) is 0 Å². The van der Waals surface area contributed by atoms with Crippen LogP contribution in [0.25, 0.3) is 0 Å². The Morgan fingerprint density at radius 3 is 2.45 bits per heavy atom. The van der Waals surface area contributed by atoms with Crippen molar-refractivity contribution in [1.82, 2.24) is 10.0 Å². The smallest absolute Gasteiger partial charge is 0.274 e. The molecule has 2 aliphatic rings. The first-order chi connectivity index (χ1) is 15.7. The van der Waals surface area contributed by atoms with E-state index in [1.54, 1.807) is 30.3 Å². The zero-order valence-electron chi connectivity index (χ0n) is 18.7. The summed E-state index contributed by atoms with van der Waals surface area (Å²) in [6.07, 6.45) is 4.23. The lowest BCUT2D eigenvalue weighted by Gasteiger charge is -2.30. The number of hydrogen-bond acceptors (Lipinski definition) is 4. The molecular weight excluding hydrogens is 440 g/mol. The Hall–Kier alpha value is -3.25. The van der Waals surface area contributed by atoms with Crippen LogP contribution >= 0.6 is 11.6 Å². The van der Waals surface area contributed by atoms with Crippen molar-refractivity contribution in [2.24, 2.45) is 17.8 Å². The third kappa shape index (κ3) is 4.11. The zero-order chi connectivity index (χ0) is 23.9. The molecule has 2 aromatic carbocycles. The van der Waals surface area contributed by atoms with Crippen LogP contribution in [0.1, 0.15) is 45.2 Å². The van der Waals surface area contributed by atoms with E-state index in [0.29, 0.717) is 12.0 Å². The Balaban J connectivity index is 1.73. The first kappa shape index (κ1) is 22.9. The molecule has 1 saturated heterocycles. The molecule has 0 saturated carbocycles. The van der Waals surface area contributed by atoms with Crippen molar-refractivity contribution in [2.45, 2.75) is 27.2 Å². The SMILES string of the molecule is Cc1ccc(C(=O)CN(C(=O)c2ccccc2Cl)N2C(=O)[C@H]3[C@H](C)C=CC[C@H]3C2=O)cc1C. The first-order valence-electron chi connectivity index (χ1n) is 10.9. The number of benzene rings is 2. The lowest BCUT2D eigenvalue weighted by atomic mass is 9.78. The van der Waals surface area contributed by atoms with E-state index in [4.69, 9.17) is 11.6 Å². The van der Waals surface area contributed by atoms with Gasteiger partial charge in [0.15, 0.2) is 5.78 Å². The predicted molar refractivity (Wildman–Crippen MR) is 124 cm³/mol. The average molecular weight is 465 g/mol. The molecule has 0 bridgehead atoms. The minimum absolute atomic E-state index is 0.119. The standard InChI is InChI=1S/C26H25ClN2O4/c1-15-11-12-18(13-17(15)3)22(30)14-28(24(31)19-8-4-5-10-21(19)27)29-25(32)20-9-6-7-16(2)23(20)26(29)33/h4-8,10-13,16,20,23H,9,14H2,1-3H3/t16-,20-,23+/m1/s1. The molecule has 1 heterocycles. The first-order valence-corrected chi connectivity index (χ1v) is 11.3. The number of fused-ring (bicyclic) bond motifs is 1. The van der Waals surface area contributed by atoms with Crippen LogP contribution in [0.4, 0.5) is 0 Å². The van der Waals surface area contributed by atoms with E-state index in [-0.39, 0.29) is 22.3 Å². The van der Waals surface area contributed by atoms with Crippen molar-refractivity contribution in [3.8, 4) is 0 Å². The van der Waals surface area contributed by atoms with Gasteiger partial charge in [-0.15, -0.1) is 0 Å². The second-order valence-corrected chi connectivity index (χ2v) is 9.12. The van der Waals surface area contributed by atoms with E-state index in [1.807, 2.05) is 39.0 Å². The van der Waals surface area contributed by atoms with E-state index in [0.717, 1.165) is 21.1 Å². The van der Waals surface area contributed by atoms with E-state index >= 15 is 0 Å². The Bertz CT molecular complexity index is 1190. The summed E-state index contributed by atoms with van der Waals surface area (Å²) < 4.78 is 0. The Morgan fingerprint density at radius 1 is 1.06 bits per heavy atom. The molecule has 0 spiro atoms. The highest BCUT2D eigenvalue weighted by molar-refractivity contribution is 6.34. The van der Waals surface area contributed by atoms with Gasteiger partial charge in [-0.1, -0.05) is 54.9 Å². The third-order valence-corrected chi connectivity index (χ3v) is 6.88. The summed E-state index contributed by atoms with van der Waals surface area (Å²) in [5, 5.41) is 2.02. The molecule has 170 valence electrons. The van der Waals surface area contributed by atoms with Crippen LogP contribution in [0.15, 0.2) is 54.6 Å².